The van der Waals surface area contributed by atoms with E-state index in [1.807, 2.05) is 30.3 Å². The number of benzene rings is 1. The topological polar surface area (TPSA) is 79.3 Å². The summed E-state index contributed by atoms with van der Waals surface area (Å²) in [7, 11) is 0. The molecule has 0 unspecified atom stereocenters. The lowest BCUT2D eigenvalue weighted by Crippen LogP contribution is -2.42. The van der Waals surface area contributed by atoms with Crippen LogP contribution in [0.3, 0.4) is 0 Å². The molecule has 5 heteroatoms. The Hall–Kier alpha value is -2.43. The number of hydrogen-bond donors (Lipinski definition) is 2. The van der Waals surface area contributed by atoms with E-state index in [0.29, 0.717) is 19.4 Å². The van der Waals surface area contributed by atoms with Crippen LogP contribution in [0, 0.1) is 5.41 Å². The fourth-order valence-electron chi connectivity index (χ4n) is 2.94. The number of pyridine rings is 1. The van der Waals surface area contributed by atoms with Crippen molar-refractivity contribution in [1.29, 1.82) is 0 Å². The van der Waals surface area contributed by atoms with Gasteiger partial charge in [0.25, 0.3) is 0 Å². The van der Waals surface area contributed by atoms with Crippen LogP contribution in [0.5, 0.6) is 0 Å². The van der Waals surface area contributed by atoms with E-state index in [1.165, 1.54) is 0 Å². The first kappa shape index (κ1) is 14.5. The Kier molecular flexibility index (Phi) is 3.79. The van der Waals surface area contributed by atoms with Crippen LogP contribution in [-0.4, -0.2) is 22.0 Å². The third-order valence-electron chi connectivity index (χ3n) is 4.46. The number of amides is 1. The molecule has 1 aliphatic carbocycles. The molecule has 3 rings (SSSR count). The van der Waals surface area contributed by atoms with Gasteiger partial charge in [0, 0.05) is 24.5 Å². The number of carbonyl (C=O) groups is 2. The SMILES string of the molecule is O=C(CC1(C(=O)O)CCC1)NCc1cccc2cccnc12. The predicted molar refractivity (Wildman–Crippen MR) is 82.1 cm³/mol. The lowest BCUT2D eigenvalue weighted by Gasteiger charge is -2.36. The van der Waals surface area contributed by atoms with Crippen molar-refractivity contribution in [1.82, 2.24) is 10.3 Å². The average molecular weight is 298 g/mol. The van der Waals surface area contributed by atoms with Gasteiger partial charge >= 0.3 is 5.97 Å². The van der Waals surface area contributed by atoms with Gasteiger partial charge in [0.15, 0.2) is 0 Å². The van der Waals surface area contributed by atoms with E-state index in [0.717, 1.165) is 22.9 Å². The van der Waals surface area contributed by atoms with E-state index in [2.05, 4.69) is 10.3 Å². The van der Waals surface area contributed by atoms with Crippen LogP contribution in [0.4, 0.5) is 0 Å². The van der Waals surface area contributed by atoms with Crippen LogP contribution in [0.2, 0.25) is 0 Å². The molecule has 0 radical (unpaired) electrons. The highest BCUT2D eigenvalue weighted by Crippen LogP contribution is 2.44. The highest BCUT2D eigenvalue weighted by Gasteiger charge is 2.45. The van der Waals surface area contributed by atoms with Crippen molar-refractivity contribution < 1.29 is 14.7 Å². The summed E-state index contributed by atoms with van der Waals surface area (Å²) in [5, 5.41) is 13.1. The Balaban J connectivity index is 1.67. The molecule has 1 aliphatic rings. The first-order valence-corrected chi connectivity index (χ1v) is 7.43. The molecule has 1 saturated carbocycles. The molecule has 1 heterocycles. The Labute approximate surface area is 128 Å². The zero-order valence-electron chi connectivity index (χ0n) is 12.2. The first-order valence-electron chi connectivity index (χ1n) is 7.43. The Bertz CT molecular complexity index is 717. The molecule has 22 heavy (non-hydrogen) atoms. The molecule has 0 saturated heterocycles. The number of nitrogens with one attached hydrogen (secondary N) is 1. The third-order valence-corrected chi connectivity index (χ3v) is 4.46. The lowest BCUT2D eigenvalue weighted by molar-refractivity contribution is -0.157. The van der Waals surface area contributed by atoms with Gasteiger partial charge in [-0.2, -0.15) is 0 Å². The second-order valence-electron chi connectivity index (χ2n) is 5.88. The van der Waals surface area contributed by atoms with Crippen LogP contribution in [0.1, 0.15) is 31.2 Å². The summed E-state index contributed by atoms with van der Waals surface area (Å²) in [5.74, 6) is -1.07. The number of hydrogen-bond acceptors (Lipinski definition) is 3. The van der Waals surface area contributed by atoms with E-state index in [9.17, 15) is 14.7 Å². The van der Waals surface area contributed by atoms with Crippen molar-refractivity contribution in [2.75, 3.05) is 0 Å². The number of aliphatic carboxylic acids is 1. The molecule has 5 nitrogen and oxygen atoms in total. The van der Waals surface area contributed by atoms with E-state index in [-0.39, 0.29) is 12.3 Å². The summed E-state index contributed by atoms with van der Waals surface area (Å²) in [5.41, 5.74) is 0.951. The summed E-state index contributed by atoms with van der Waals surface area (Å²) >= 11 is 0. The number of carbonyl (C=O) groups excluding carboxylic acids is 1. The summed E-state index contributed by atoms with van der Waals surface area (Å²) in [6.07, 6.45) is 3.84. The van der Waals surface area contributed by atoms with Gasteiger partial charge in [0.05, 0.1) is 10.9 Å². The van der Waals surface area contributed by atoms with Crippen molar-refractivity contribution >= 4 is 22.8 Å². The van der Waals surface area contributed by atoms with Crippen LogP contribution >= 0.6 is 0 Å². The molecule has 0 aliphatic heterocycles. The molecule has 2 aromatic rings. The van der Waals surface area contributed by atoms with Gasteiger partial charge in [0.1, 0.15) is 0 Å². The van der Waals surface area contributed by atoms with Crippen LogP contribution in [0.25, 0.3) is 10.9 Å². The van der Waals surface area contributed by atoms with E-state index >= 15 is 0 Å². The average Bonchev–Trinajstić information content (AvgIpc) is 2.48. The van der Waals surface area contributed by atoms with Gasteiger partial charge in [-0.25, -0.2) is 0 Å². The molecule has 114 valence electrons. The number of para-hydroxylation sites is 1. The lowest BCUT2D eigenvalue weighted by atomic mass is 9.66. The quantitative estimate of drug-likeness (QED) is 0.889. The molecule has 1 fully saturated rings. The van der Waals surface area contributed by atoms with Crippen LogP contribution in [-0.2, 0) is 16.1 Å². The van der Waals surface area contributed by atoms with E-state index in [4.69, 9.17) is 0 Å². The number of aromatic nitrogens is 1. The number of carboxylic acids is 1. The molecule has 0 atom stereocenters. The van der Waals surface area contributed by atoms with Gasteiger partial charge in [0.2, 0.25) is 5.91 Å². The van der Waals surface area contributed by atoms with E-state index < -0.39 is 11.4 Å². The molecule has 1 aromatic heterocycles. The maximum absolute atomic E-state index is 12.1. The van der Waals surface area contributed by atoms with Gasteiger partial charge in [-0.15, -0.1) is 0 Å². The van der Waals surface area contributed by atoms with Crippen molar-refractivity contribution in [3.63, 3.8) is 0 Å². The second-order valence-corrected chi connectivity index (χ2v) is 5.88. The molecular formula is C17H18N2O3. The largest absolute Gasteiger partial charge is 0.481 e. The minimum atomic E-state index is -0.860. The van der Waals surface area contributed by atoms with Gasteiger partial charge < -0.3 is 10.4 Å². The van der Waals surface area contributed by atoms with Crippen molar-refractivity contribution in [2.45, 2.75) is 32.2 Å². The zero-order valence-corrected chi connectivity index (χ0v) is 12.2. The summed E-state index contributed by atoms with van der Waals surface area (Å²) in [6, 6.07) is 9.67. The normalized spacial score (nSPS) is 16.0. The molecular weight excluding hydrogens is 280 g/mol. The van der Waals surface area contributed by atoms with Crippen molar-refractivity contribution in [3.05, 3.63) is 42.1 Å². The molecule has 0 spiro atoms. The zero-order chi connectivity index (χ0) is 15.6. The number of carboxylic acid groups (broad SMARTS) is 1. The van der Waals surface area contributed by atoms with Gasteiger partial charge in [-0.1, -0.05) is 30.7 Å². The van der Waals surface area contributed by atoms with Crippen molar-refractivity contribution in [2.24, 2.45) is 5.41 Å². The van der Waals surface area contributed by atoms with Crippen molar-refractivity contribution in [3.8, 4) is 0 Å². The summed E-state index contributed by atoms with van der Waals surface area (Å²) in [4.78, 5) is 27.7. The third kappa shape index (κ3) is 2.66. The van der Waals surface area contributed by atoms with Gasteiger partial charge in [-0.3, -0.25) is 14.6 Å². The highest BCUT2D eigenvalue weighted by molar-refractivity contribution is 5.86. The Morgan fingerprint density at radius 2 is 2.00 bits per heavy atom. The molecule has 2 N–H and O–H groups in total. The number of nitrogens with zero attached hydrogens (tertiary/aromatic N) is 1. The fourth-order valence-corrected chi connectivity index (χ4v) is 2.94. The molecule has 1 aromatic carbocycles. The number of rotatable bonds is 5. The maximum Gasteiger partial charge on any atom is 0.310 e. The highest BCUT2D eigenvalue weighted by atomic mass is 16.4. The Morgan fingerprint density at radius 1 is 1.23 bits per heavy atom. The smallest absolute Gasteiger partial charge is 0.310 e. The summed E-state index contributed by atoms with van der Waals surface area (Å²) in [6.45, 7) is 0.364. The summed E-state index contributed by atoms with van der Waals surface area (Å²) < 4.78 is 0. The first-order chi connectivity index (χ1) is 10.6. The molecule has 1 amide bonds. The second kappa shape index (κ2) is 5.75. The Morgan fingerprint density at radius 3 is 2.68 bits per heavy atom. The van der Waals surface area contributed by atoms with E-state index in [1.54, 1.807) is 6.20 Å². The standard InChI is InChI=1S/C17H18N2O3/c20-14(10-17(16(21)22)7-3-8-17)19-11-13-5-1-4-12-6-2-9-18-15(12)13/h1-2,4-6,9H,3,7-8,10-11H2,(H,19,20)(H,21,22). The van der Waals surface area contributed by atoms with Crippen LogP contribution in [0.15, 0.2) is 36.5 Å². The maximum atomic E-state index is 12.1. The minimum Gasteiger partial charge on any atom is -0.481 e. The minimum absolute atomic E-state index is 0.0561. The van der Waals surface area contributed by atoms with Crippen LogP contribution < -0.4 is 5.32 Å². The number of fused-ring (bicyclic) bond motifs is 1. The van der Waals surface area contributed by atoms with Gasteiger partial charge in [-0.05, 0) is 24.5 Å². The fraction of sp³-hybridized carbons (Fsp3) is 0.353. The monoisotopic (exact) mass is 298 g/mol. The predicted octanol–water partition coefficient (Wildman–Crippen LogP) is 2.50. The molecule has 0 bridgehead atoms.